The molecule has 1 aromatic carbocycles. The van der Waals surface area contributed by atoms with E-state index in [1.165, 1.54) is 0 Å². The van der Waals surface area contributed by atoms with E-state index in [4.69, 9.17) is 9.15 Å². The molecule has 2 saturated heterocycles. The second kappa shape index (κ2) is 9.25. The molecule has 0 bridgehead atoms. The Hall–Kier alpha value is -2.74. The predicted molar refractivity (Wildman–Crippen MR) is 125 cm³/mol. The average Bonchev–Trinajstić information content (AvgIpc) is 3.48. The van der Waals surface area contributed by atoms with E-state index in [0.29, 0.717) is 25.0 Å². The summed E-state index contributed by atoms with van der Waals surface area (Å²) in [4.78, 5) is 19.4. The van der Waals surface area contributed by atoms with E-state index >= 15 is 0 Å². The van der Waals surface area contributed by atoms with Gasteiger partial charge in [-0.3, -0.25) is 14.7 Å². The third-order valence-electron chi connectivity index (χ3n) is 6.81. The number of amides is 1. The Morgan fingerprint density at radius 1 is 1.24 bits per heavy atom. The number of nitrogens with one attached hydrogen (secondary N) is 1. The molecule has 0 radical (unpaired) electrons. The van der Waals surface area contributed by atoms with E-state index in [1.807, 2.05) is 37.3 Å². The third kappa shape index (κ3) is 4.95. The fourth-order valence-corrected chi connectivity index (χ4v) is 4.83. The molecule has 33 heavy (non-hydrogen) atoms. The maximum Gasteiger partial charge on any atom is 0.287 e. The summed E-state index contributed by atoms with van der Waals surface area (Å²) in [7, 11) is 0. The minimum atomic E-state index is -0.885. The van der Waals surface area contributed by atoms with Crippen molar-refractivity contribution in [2.24, 2.45) is 0 Å². The van der Waals surface area contributed by atoms with Crippen molar-refractivity contribution in [3.63, 3.8) is 0 Å². The molecule has 2 aliphatic heterocycles. The number of carbonyl (C=O) groups excluding carboxylic acids is 1. The molecule has 0 unspecified atom stereocenters. The average molecular weight is 450 g/mol. The number of hydrogen-bond acceptors (Lipinski definition) is 6. The highest BCUT2D eigenvalue weighted by Crippen LogP contribution is 2.35. The van der Waals surface area contributed by atoms with Crippen molar-refractivity contribution in [1.29, 1.82) is 0 Å². The molecule has 7 nitrogen and oxygen atoms in total. The van der Waals surface area contributed by atoms with Gasteiger partial charge in [0, 0.05) is 43.9 Å². The van der Waals surface area contributed by atoms with Crippen LogP contribution in [0.5, 0.6) is 0 Å². The number of rotatable bonds is 6. The molecule has 0 spiro atoms. The molecule has 4 heterocycles. The van der Waals surface area contributed by atoms with Crippen LogP contribution in [0.2, 0.25) is 0 Å². The molecule has 1 atom stereocenters. The summed E-state index contributed by atoms with van der Waals surface area (Å²) in [5, 5.41) is 15.1. The van der Waals surface area contributed by atoms with Crippen molar-refractivity contribution in [3.05, 3.63) is 65.2 Å². The van der Waals surface area contributed by atoms with Gasteiger partial charge < -0.3 is 19.6 Å². The van der Waals surface area contributed by atoms with Crippen LogP contribution < -0.4 is 5.32 Å². The van der Waals surface area contributed by atoms with Crippen LogP contribution in [0.1, 0.15) is 53.2 Å². The summed E-state index contributed by atoms with van der Waals surface area (Å²) >= 11 is 0. The van der Waals surface area contributed by atoms with Crippen LogP contribution >= 0.6 is 0 Å². The standard InChI is InChI=1S/C26H31N3O4/c1-18-4-2-5-21(28-18)17-29-11-9-26(31,10-12-29)20-7-8-23-19(14-20)15-24(33-23)25(30)27-16-22-6-3-13-32-22/h2,4-5,7-8,14-15,22,31H,3,6,9-13,16-17H2,1H3,(H,27,30)/t22-/m0/s1. The van der Waals surface area contributed by atoms with Gasteiger partial charge in [-0.1, -0.05) is 12.1 Å². The Morgan fingerprint density at radius 3 is 2.85 bits per heavy atom. The molecular formula is C26H31N3O4. The van der Waals surface area contributed by atoms with E-state index in [9.17, 15) is 9.90 Å². The number of furan rings is 1. The first-order valence-electron chi connectivity index (χ1n) is 11.8. The van der Waals surface area contributed by atoms with Gasteiger partial charge in [-0.15, -0.1) is 0 Å². The number of aryl methyl sites for hydroxylation is 1. The highest BCUT2D eigenvalue weighted by atomic mass is 16.5. The number of benzene rings is 1. The smallest absolute Gasteiger partial charge is 0.287 e. The molecule has 174 valence electrons. The molecule has 3 aromatic rings. The zero-order valence-electron chi connectivity index (χ0n) is 19.0. The highest BCUT2D eigenvalue weighted by Gasteiger charge is 2.34. The van der Waals surface area contributed by atoms with Crippen LogP contribution in [-0.2, 0) is 16.9 Å². The van der Waals surface area contributed by atoms with Crippen LogP contribution in [0.4, 0.5) is 0 Å². The maximum atomic E-state index is 12.5. The van der Waals surface area contributed by atoms with Gasteiger partial charge in [0.05, 0.1) is 17.4 Å². The lowest BCUT2D eigenvalue weighted by Crippen LogP contribution is -2.42. The minimum absolute atomic E-state index is 0.0896. The van der Waals surface area contributed by atoms with Gasteiger partial charge in [0.2, 0.25) is 0 Å². The Kier molecular flexibility index (Phi) is 6.19. The van der Waals surface area contributed by atoms with Crippen LogP contribution in [-0.4, -0.2) is 53.2 Å². The van der Waals surface area contributed by atoms with Gasteiger partial charge in [-0.2, -0.15) is 0 Å². The van der Waals surface area contributed by atoms with Gasteiger partial charge in [0.1, 0.15) is 5.58 Å². The second-order valence-electron chi connectivity index (χ2n) is 9.29. The number of fused-ring (bicyclic) bond motifs is 1. The molecule has 2 aromatic heterocycles. The lowest BCUT2D eigenvalue weighted by atomic mass is 9.84. The first-order valence-corrected chi connectivity index (χ1v) is 11.8. The zero-order valence-corrected chi connectivity index (χ0v) is 19.0. The molecule has 7 heteroatoms. The lowest BCUT2D eigenvalue weighted by Gasteiger charge is -2.38. The van der Waals surface area contributed by atoms with Crippen molar-refractivity contribution < 1.29 is 19.1 Å². The number of ether oxygens (including phenoxy) is 1. The maximum absolute atomic E-state index is 12.5. The molecule has 5 rings (SSSR count). The number of likely N-dealkylation sites (tertiary alicyclic amines) is 1. The number of carbonyl (C=O) groups is 1. The van der Waals surface area contributed by atoms with Gasteiger partial charge in [0.25, 0.3) is 5.91 Å². The number of hydrogen-bond donors (Lipinski definition) is 2. The molecular weight excluding hydrogens is 418 g/mol. The van der Waals surface area contributed by atoms with E-state index in [1.54, 1.807) is 6.07 Å². The van der Waals surface area contributed by atoms with E-state index in [2.05, 4.69) is 21.3 Å². The summed E-state index contributed by atoms with van der Waals surface area (Å²) in [6.45, 7) is 5.65. The first kappa shape index (κ1) is 22.1. The topological polar surface area (TPSA) is 87.8 Å². The van der Waals surface area contributed by atoms with Crippen LogP contribution in [0.3, 0.4) is 0 Å². The summed E-state index contributed by atoms with van der Waals surface area (Å²) < 4.78 is 11.3. The third-order valence-corrected chi connectivity index (χ3v) is 6.81. The fourth-order valence-electron chi connectivity index (χ4n) is 4.83. The molecule has 1 amide bonds. The van der Waals surface area contributed by atoms with Crippen molar-refractivity contribution in [2.75, 3.05) is 26.2 Å². The Morgan fingerprint density at radius 2 is 2.09 bits per heavy atom. The van der Waals surface area contributed by atoms with Crippen molar-refractivity contribution in [1.82, 2.24) is 15.2 Å². The van der Waals surface area contributed by atoms with Gasteiger partial charge in [0.15, 0.2) is 5.76 Å². The van der Waals surface area contributed by atoms with E-state index in [0.717, 1.165) is 61.4 Å². The Labute approximate surface area is 193 Å². The van der Waals surface area contributed by atoms with Crippen molar-refractivity contribution in [2.45, 2.75) is 50.9 Å². The summed E-state index contributed by atoms with van der Waals surface area (Å²) in [6, 6.07) is 13.6. The van der Waals surface area contributed by atoms with Gasteiger partial charge >= 0.3 is 0 Å². The number of piperidine rings is 1. The van der Waals surface area contributed by atoms with E-state index in [-0.39, 0.29) is 17.8 Å². The molecule has 0 saturated carbocycles. The minimum Gasteiger partial charge on any atom is -0.451 e. The SMILES string of the molecule is Cc1cccc(CN2CCC(O)(c3ccc4oc(C(=O)NC[C@@H]5CCCO5)cc4c3)CC2)n1. The Balaban J connectivity index is 1.23. The molecule has 2 aliphatic rings. The normalized spacial score (nSPS) is 20.8. The quantitative estimate of drug-likeness (QED) is 0.599. The molecule has 2 N–H and O–H groups in total. The Bertz CT molecular complexity index is 1130. The largest absolute Gasteiger partial charge is 0.451 e. The molecule has 0 aliphatic carbocycles. The number of nitrogens with zero attached hydrogens (tertiary/aromatic N) is 2. The first-order chi connectivity index (χ1) is 16.0. The van der Waals surface area contributed by atoms with E-state index < -0.39 is 5.60 Å². The fraction of sp³-hybridized carbons (Fsp3) is 0.462. The summed E-state index contributed by atoms with van der Waals surface area (Å²) in [5.74, 6) is 0.0487. The lowest BCUT2D eigenvalue weighted by molar-refractivity contribution is -0.0278. The summed E-state index contributed by atoms with van der Waals surface area (Å²) in [6.07, 6.45) is 3.40. The highest BCUT2D eigenvalue weighted by molar-refractivity contribution is 5.96. The number of aliphatic hydroxyl groups is 1. The van der Waals surface area contributed by atoms with Crippen LogP contribution in [0.15, 0.2) is 46.9 Å². The monoisotopic (exact) mass is 449 g/mol. The van der Waals surface area contributed by atoms with Crippen molar-refractivity contribution in [3.8, 4) is 0 Å². The molecule has 2 fully saturated rings. The van der Waals surface area contributed by atoms with Gasteiger partial charge in [-0.25, -0.2) is 0 Å². The van der Waals surface area contributed by atoms with Crippen LogP contribution in [0.25, 0.3) is 11.0 Å². The second-order valence-corrected chi connectivity index (χ2v) is 9.29. The van der Waals surface area contributed by atoms with Gasteiger partial charge in [-0.05, 0) is 68.5 Å². The van der Waals surface area contributed by atoms with Crippen LogP contribution in [0, 0.1) is 6.92 Å². The number of pyridine rings is 1. The zero-order chi connectivity index (χ0) is 22.8. The summed E-state index contributed by atoms with van der Waals surface area (Å²) in [5.41, 5.74) is 2.72. The predicted octanol–water partition coefficient (Wildman–Crippen LogP) is 3.53. The number of aromatic nitrogens is 1. The van der Waals surface area contributed by atoms with Crippen molar-refractivity contribution >= 4 is 16.9 Å².